The second kappa shape index (κ2) is 5.27. The van der Waals surface area contributed by atoms with Crippen molar-refractivity contribution in [3.8, 4) is 0 Å². The zero-order chi connectivity index (χ0) is 12.4. The lowest BCUT2D eigenvalue weighted by Gasteiger charge is -2.27. The van der Waals surface area contributed by atoms with Crippen molar-refractivity contribution in [3.05, 3.63) is 0 Å². The SMILES string of the molecule is CC1(NCC2CCCCCC2)CCS(=O)(=O)C1. The number of hydrogen-bond donors (Lipinski definition) is 1. The van der Waals surface area contributed by atoms with E-state index in [4.69, 9.17) is 0 Å². The third kappa shape index (κ3) is 3.95. The smallest absolute Gasteiger partial charge is 0.152 e. The van der Waals surface area contributed by atoms with E-state index >= 15 is 0 Å². The van der Waals surface area contributed by atoms with Crippen molar-refractivity contribution in [1.82, 2.24) is 5.32 Å². The zero-order valence-electron chi connectivity index (χ0n) is 10.9. The van der Waals surface area contributed by atoms with Gasteiger partial charge in [-0.25, -0.2) is 8.42 Å². The standard InChI is InChI=1S/C13H25NO2S/c1-13(8-9-17(15,16)11-13)14-10-12-6-4-2-3-5-7-12/h12,14H,2-11H2,1H3. The number of hydrogen-bond acceptors (Lipinski definition) is 3. The molecule has 3 nitrogen and oxygen atoms in total. The van der Waals surface area contributed by atoms with E-state index < -0.39 is 9.84 Å². The van der Waals surface area contributed by atoms with Gasteiger partial charge in [-0.1, -0.05) is 25.7 Å². The second-order valence-electron chi connectivity index (χ2n) is 6.14. The normalized spacial score (nSPS) is 34.6. The van der Waals surface area contributed by atoms with Gasteiger partial charge in [0.1, 0.15) is 0 Å². The summed E-state index contributed by atoms with van der Waals surface area (Å²) in [7, 11) is -2.78. The average Bonchev–Trinajstić information content (AvgIpc) is 2.47. The van der Waals surface area contributed by atoms with Crippen LogP contribution < -0.4 is 5.32 Å². The van der Waals surface area contributed by atoms with Crippen molar-refractivity contribution in [1.29, 1.82) is 0 Å². The Morgan fingerprint density at radius 2 is 1.82 bits per heavy atom. The van der Waals surface area contributed by atoms with Crippen LogP contribution in [0.5, 0.6) is 0 Å². The van der Waals surface area contributed by atoms with Crippen LogP contribution in [0.1, 0.15) is 51.9 Å². The van der Waals surface area contributed by atoms with Gasteiger partial charge in [-0.15, -0.1) is 0 Å². The van der Waals surface area contributed by atoms with E-state index in [-0.39, 0.29) is 5.54 Å². The lowest BCUT2D eigenvalue weighted by molar-refractivity contribution is 0.334. The van der Waals surface area contributed by atoms with Crippen molar-refractivity contribution >= 4 is 9.84 Å². The van der Waals surface area contributed by atoms with Crippen LogP contribution in [0.15, 0.2) is 0 Å². The maximum Gasteiger partial charge on any atom is 0.152 e. The molecule has 0 aromatic carbocycles. The molecule has 0 aromatic rings. The first kappa shape index (κ1) is 13.3. The lowest BCUT2D eigenvalue weighted by atomic mass is 9.96. The first-order chi connectivity index (χ1) is 7.99. The van der Waals surface area contributed by atoms with E-state index in [0.29, 0.717) is 11.5 Å². The molecule has 2 fully saturated rings. The van der Waals surface area contributed by atoms with Crippen molar-refractivity contribution < 1.29 is 8.42 Å². The highest BCUT2D eigenvalue weighted by molar-refractivity contribution is 7.91. The number of sulfone groups is 1. The van der Waals surface area contributed by atoms with Crippen molar-refractivity contribution in [2.45, 2.75) is 57.4 Å². The van der Waals surface area contributed by atoms with Crippen LogP contribution in [-0.2, 0) is 9.84 Å². The van der Waals surface area contributed by atoms with Crippen LogP contribution in [0.4, 0.5) is 0 Å². The Balaban J connectivity index is 1.81. The van der Waals surface area contributed by atoms with Gasteiger partial charge in [0.25, 0.3) is 0 Å². The summed E-state index contributed by atoms with van der Waals surface area (Å²) in [6, 6.07) is 0. The molecule has 100 valence electrons. The summed E-state index contributed by atoms with van der Waals surface area (Å²) in [6.45, 7) is 3.07. The maximum absolute atomic E-state index is 11.5. The van der Waals surface area contributed by atoms with E-state index in [1.807, 2.05) is 0 Å². The van der Waals surface area contributed by atoms with Gasteiger partial charge in [0.2, 0.25) is 0 Å². The van der Waals surface area contributed by atoms with Gasteiger partial charge >= 0.3 is 0 Å². The summed E-state index contributed by atoms with van der Waals surface area (Å²) < 4.78 is 23.0. The minimum Gasteiger partial charge on any atom is -0.310 e. The summed E-state index contributed by atoms with van der Waals surface area (Å²) in [4.78, 5) is 0. The largest absolute Gasteiger partial charge is 0.310 e. The maximum atomic E-state index is 11.5. The lowest BCUT2D eigenvalue weighted by Crippen LogP contribution is -2.45. The van der Waals surface area contributed by atoms with Crippen LogP contribution in [0, 0.1) is 5.92 Å². The van der Waals surface area contributed by atoms with Crippen LogP contribution in [0.25, 0.3) is 0 Å². The molecular formula is C13H25NO2S. The molecule has 2 aliphatic rings. The van der Waals surface area contributed by atoms with Gasteiger partial charge in [0.05, 0.1) is 11.5 Å². The van der Waals surface area contributed by atoms with Gasteiger partial charge in [-0.05, 0) is 38.6 Å². The fraction of sp³-hybridized carbons (Fsp3) is 1.00. The quantitative estimate of drug-likeness (QED) is 0.790. The van der Waals surface area contributed by atoms with Gasteiger partial charge in [0, 0.05) is 5.54 Å². The molecule has 1 aliphatic carbocycles. The average molecular weight is 259 g/mol. The molecule has 0 amide bonds. The van der Waals surface area contributed by atoms with Crippen molar-refractivity contribution in [3.63, 3.8) is 0 Å². The van der Waals surface area contributed by atoms with E-state index in [1.54, 1.807) is 0 Å². The molecule has 1 N–H and O–H groups in total. The minimum atomic E-state index is -2.78. The third-order valence-electron chi connectivity index (χ3n) is 4.30. The van der Waals surface area contributed by atoms with Crippen LogP contribution >= 0.6 is 0 Å². The molecule has 0 radical (unpaired) electrons. The minimum absolute atomic E-state index is 0.162. The van der Waals surface area contributed by atoms with Crippen LogP contribution in [-0.4, -0.2) is 32.0 Å². The van der Waals surface area contributed by atoms with Gasteiger partial charge in [-0.2, -0.15) is 0 Å². The Kier molecular flexibility index (Phi) is 4.14. The summed E-state index contributed by atoms with van der Waals surface area (Å²) in [5, 5.41) is 3.53. The van der Waals surface area contributed by atoms with E-state index in [1.165, 1.54) is 38.5 Å². The molecule has 1 aliphatic heterocycles. The molecule has 4 heteroatoms. The topological polar surface area (TPSA) is 46.2 Å². The third-order valence-corrected chi connectivity index (χ3v) is 6.20. The highest BCUT2D eigenvalue weighted by Gasteiger charge is 2.38. The van der Waals surface area contributed by atoms with Crippen molar-refractivity contribution in [2.75, 3.05) is 18.1 Å². The Morgan fingerprint density at radius 3 is 2.35 bits per heavy atom. The highest BCUT2D eigenvalue weighted by atomic mass is 32.2. The fourth-order valence-corrected chi connectivity index (χ4v) is 5.23. The van der Waals surface area contributed by atoms with Gasteiger partial charge in [-0.3, -0.25) is 0 Å². The second-order valence-corrected chi connectivity index (χ2v) is 8.33. The molecule has 1 atom stereocenters. The molecule has 17 heavy (non-hydrogen) atoms. The summed E-state index contributed by atoms with van der Waals surface area (Å²) in [5.74, 6) is 1.45. The first-order valence-electron chi connectivity index (χ1n) is 6.95. The van der Waals surface area contributed by atoms with Crippen molar-refractivity contribution in [2.24, 2.45) is 5.92 Å². The van der Waals surface area contributed by atoms with Crippen LogP contribution in [0.3, 0.4) is 0 Å². The molecule has 0 aromatic heterocycles. The first-order valence-corrected chi connectivity index (χ1v) is 8.77. The molecule has 1 unspecified atom stereocenters. The summed E-state index contributed by atoms with van der Waals surface area (Å²) in [5.41, 5.74) is -0.162. The predicted molar refractivity (Wildman–Crippen MR) is 70.9 cm³/mol. The predicted octanol–water partition coefficient (Wildman–Crippen LogP) is 2.12. The fourth-order valence-electron chi connectivity index (χ4n) is 3.11. The number of nitrogens with one attached hydrogen (secondary N) is 1. The Morgan fingerprint density at radius 1 is 1.18 bits per heavy atom. The molecule has 1 saturated heterocycles. The van der Waals surface area contributed by atoms with Gasteiger partial charge in [0.15, 0.2) is 9.84 Å². The molecule has 2 rings (SSSR count). The molecular weight excluding hydrogens is 234 g/mol. The Hall–Kier alpha value is -0.0900. The molecule has 0 bridgehead atoms. The number of rotatable bonds is 3. The molecule has 1 heterocycles. The monoisotopic (exact) mass is 259 g/mol. The zero-order valence-corrected chi connectivity index (χ0v) is 11.7. The Bertz CT molecular complexity index is 344. The van der Waals surface area contributed by atoms with Crippen LogP contribution in [0.2, 0.25) is 0 Å². The molecule has 1 saturated carbocycles. The summed E-state index contributed by atoms with van der Waals surface area (Å²) in [6.07, 6.45) is 8.86. The summed E-state index contributed by atoms with van der Waals surface area (Å²) >= 11 is 0. The highest BCUT2D eigenvalue weighted by Crippen LogP contribution is 2.26. The van der Waals surface area contributed by atoms with E-state index in [0.717, 1.165) is 18.9 Å². The Labute approximate surface area is 105 Å². The van der Waals surface area contributed by atoms with E-state index in [2.05, 4.69) is 12.2 Å². The van der Waals surface area contributed by atoms with Gasteiger partial charge < -0.3 is 5.32 Å². The molecule has 0 spiro atoms. The van der Waals surface area contributed by atoms with E-state index in [9.17, 15) is 8.42 Å².